The number of aromatic nitrogens is 1. The average Bonchev–Trinajstić information content (AvgIpc) is 2.99. The van der Waals surface area contributed by atoms with Crippen LogP contribution < -0.4 is 15.4 Å². The lowest BCUT2D eigenvalue weighted by atomic mass is 10.1. The van der Waals surface area contributed by atoms with Crippen LogP contribution in [0.25, 0.3) is 12.2 Å². The van der Waals surface area contributed by atoms with Crippen molar-refractivity contribution in [1.82, 2.24) is 4.57 Å². The molecule has 0 saturated carbocycles. The molecule has 0 radical (unpaired) electrons. The molecule has 0 spiro atoms. The minimum atomic E-state index is -0.323. The van der Waals surface area contributed by atoms with Gasteiger partial charge in [-0.25, -0.2) is 9.98 Å². The van der Waals surface area contributed by atoms with Crippen LogP contribution in [-0.2, 0) is 11.3 Å². The minimum Gasteiger partial charge on any atom is -0.493 e. The zero-order valence-corrected chi connectivity index (χ0v) is 18.1. The maximum atomic E-state index is 12.5. The number of para-hydroxylation sites is 1. The number of halogens is 1. The van der Waals surface area contributed by atoms with Crippen molar-refractivity contribution in [3.05, 3.63) is 78.8 Å². The summed E-state index contributed by atoms with van der Waals surface area (Å²) in [6.45, 7) is 2.68. The highest BCUT2D eigenvalue weighted by Gasteiger charge is 2.15. The van der Waals surface area contributed by atoms with Crippen molar-refractivity contribution in [2.45, 2.75) is 19.9 Å². The van der Waals surface area contributed by atoms with Crippen LogP contribution in [0, 0.1) is 0 Å². The summed E-state index contributed by atoms with van der Waals surface area (Å²) in [5.74, 6) is -0.212. The van der Waals surface area contributed by atoms with Gasteiger partial charge in [-0.3, -0.25) is 9.36 Å². The van der Waals surface area contributed by atoms with Gasteiger partial charge in [-0.1, -0.05) is 52.4 Å². The standard InChI is InChI=1S/C22H18BrN3O2S/c1-2-10-26-21(28)19(29-22(26)24-17-6-4-3-5-7-17)13-15-11-14-12-16(23)8-9-18(14)25-20(15)27/h3-9,11-13,28H,2,10H2,1H3/b15-13-,24-22?. The molecule has 0 atom stereocenters. The molecule has 1 amide bonds. The number of aromatic hydroxyl groups is 1. The van der Waals surface area contributed by atoms with Gasteiger partial charge in [-0.2, -0.15) is 0 Å². The molecule has 146 valence electrons. The molecule has 1 N–H and O–H groups in total. The fraction of sp³-hybridized carbons (Fsp3) is 0.136. The fourth-order valence-electron chi connectivity index (χ4n) is 3.03. The van der Waals surface area contributed by atoms with Crippen molar-refractivity contribution in [1.29, 1.82) is 0 Å². The molecule has 3 aromatic rings. The number of benzene rings is 2. The van der Waals surface area contributed by atoms with Gasteiger partial charge in [0, 0.05) is 21.8 Å². The van der Waals surface area contributed by atoms with Gasteiger partial charge in [-0.05, 0) is 48.9 Å². The summed E-state index contributed by atoms with van der Waals surface area (Å²) in [6.07, 6.45) is 4.34. The van der Waals surface area contributed by atoms with Crippen LogP contribution in [-0.4, -0.2) is 15.6 Å². The van der Waals surface area contributed by atoms with Crippen LogP contribution in [0.15, 0.2) is 68.6 Å². The molecule has 1 aliphatic heterocycles. The van der Waals surface area contributed by atoms with E-state index in [4.69, 9.17) is 0 Å². The first kappa shape index (κ1) is 19.5. The van der Waals surface area contributed by atoms with Gasteiger partial charge in [0.15, 0.2) is 4.80 Å². The van der Waals surface area contributed by atoms with Crippen molar-refractivity contribution < 1.29 is 9.90 Å². The highest BCUT2D eigenvalue weighted by Crippen LogP contribution is 2.25. The van der Waals surface area contributed by atoms with Gasteiger partial charge < -0.3 is 5.11 Å². The van der Waals surface area contributed by atoms with Crippen LogP contribution in [0.1, 0.15) is 18.2 Å². The first-order valence-electron chi connectivity index (χ1n) is 9.19. The topological polar surface area (TPSA) is 66.9 Å². The predicted octanol–water partition coefficient (Wildman–Crippen LogP) is 3.68. The van der Waals surface area contributed by atoms with Crippen molar-refractivity contribution in [3.8, 4) is 5.88 Å². The number of fused-ring (bicyclic) bond motifs is 1. The molecule has 1 aromatic heterocycles. The van der Waals surface area contributed by atoms with Gasteiger partial charge in [0.1, 0.15) is 0 Å². The number of rotatable bonds is 4. The van der Waals surface area contributed by atoms with Crippen molar-refractivity contribution in [3.63, 3.8) is 0 Å². The molecule has 0 bridgehead atoms. The number of hydrogen-bond acceptors (Lipinski definition) is 4. The van der Waals surface area contributed by atoms with Gasteiger partial charge in [0.05, 0.1) is 15.9 Å². The average molecular weight is 468 g/mol. The fourth-order valence-corrected chi connectivity index (χ4v) is 4.43. The summed E-state index contributed by atoms with van der Waals surface area (Å²) in [6, 6.07) is 15.2. The largest absolute Gasteiger partial charge is 0.493 e. The second-order valence-electron chi connectivity index (χ2n) is 6.54. The molecule has 2 aromatic carbocycles. The van der Waals surface area contributed by atoms with Gasteiger partial charge in [0.25, 0.3) is 5.91 Å². The lowest BCUT2D eigenvalue weighted by Gasteiger charge is -2.04. The Hall–Kier alpha value is -2.77. The molecular formula is C22H18BrN3O2S. The molecular weight excluding hydrogens is 450 g/mol. The van der Waals surface area contributed by atoms with E-state index in [1.54, 1.807) is 22.8 Å². The van der Waals surface area contributed by atoms with Gasteiger partial charge in [-0.15, -0.1) is 0 Å². The van der Waals surface area contributed by atoms with Crippen molar-refractivity contribution in [2.75, 3.05) is 0 Å². The van der Waals surface area contributed by atoms with Gasteiger partial charge >= 0.3 is 0 Å². The molecule has 29 heavy (non-hydrogen) atoms. The normalized spacial score (nSPS) is 15.2. The lowest BCUT2D eigenvalue weighted by Crippen LogP contribution is -2.30. The second-order valence-corrected chi connectivity index (χ2v) is 8.46. The van der Waals surface area contributed by atoms with E-state index in [9.17, 15) is 9.90 Å². The Morgan fingerprint density at radius 1 is 1.24 bits per heavy atom. The quantitative estimate of drug-likeness (QED) is 0.594. The van der Waals surface area contributed by atoms with E-state index in [1.165, 1.54) is 11.3 Å². The highest BCUT2D eigenvalue weighted by molar-refractivity contribution is 9.10. The molecule has 7 heteroatoms. The van der Waals surface area contributed by atoms with Crippen LogP contribution in [0.3, 0.4) is 0 Å². The van der Waals surface area contributed by atoms with E-state index in [2.05, 4.69) is 25.9 Å². The molecule has 0 fully saturated rings. The predicted molar refractivity (Wildman–Crippen MR) is 118 cm³/mol. The monoisotopic (exact) mass is 467 g/mol. The molecule has 0 saturated heterocycles. The molecule has 1 aliphatic rings. The summed E-state index contributed by atoms with van der Waals surface area (Å²) < 4.78 is 2.69. The number of thiazole rings is 1. The third-order valence-corrected chi connectivity index (χ3v) is 5.90. The van der Waals surface area contributed by atoms with Crippen LogP contribution in [0.2, 0.25) is 0 Å². The number of carbonyl (C=O) groups is 1. The molecule has 4 rings (SSSR count). The first-order valence-corrected chi connectivity index (χ1v) is 10.8. The van der Waals surface area contributed by atoms with E-state index in [-0.39, 0.29) is 11.8 Å². The molecule has 0 aliphatic carbocycles. The number of amides is 1. The highest BCUT2D eigenvalue weighted by atomic mass is 79.9. The van der Waals surface area contributed by atoms with E-state index >= 15 is 0 Å². The van der Waals surface area contributed by atoms with Crippen LogP contribution >= 0.6 is 27.3 Å². The van der Waals surface area contributed by atoms with Crippen LogP contribution in [0.5, 0.6) is 5.88 Å². The zero-order chi connectivity index (χ0) is 20.4. The summed E-state index contributed by atoms with van der Waals surface area (Å²) in [5.41, 5.74) is 1.24. The van der Waals surface area contributed by atoms with E-state index in [1.807, 2.05) is 49.4 Å². The minimum absolute atomic E-state index is 0.111. The van der Waals surface area contributed by atoms with Gasteiger partial charge in [0.2, 0.25) is 5.88 Å². The molecule has 0 unspecified atom stereocenters. The Morgan fingerprint density at radius 2 is 2.03 bits per heavy atom. The Morgan fingerprint density at radius 3 is 2.79 bits per heavy atom. The van der Waals surface area contributed by atoms with E-state index in [0.29, 0.717) is 27.2 Å². The number of nitrogens with zero attached hydrogens (tertiary/aromatic N) is 3. The number of hydrogen-bond donors (Lipinski definition) is 1. The zero-order valence-electron chi connectivity index (χ0n) is 15.7. The molecule has 5 nitrogen and oxygen atoms in total. The van der Waals surface area contributed by atoms with Crippen molar-refractivity contribution >= 4 is 51.0 Å². The molecule has 2 heterocycles. The maximum absolute atomic E-state index is 12.5. The summed E-state index contributed by atoms with van der Waals surface area (Å²) >= 11 is 4.79. The van der Waals surface area contributed by atoms with Crippen molar-refractivity contribution in [2.24, 2.45) is 9.98 Å². The Labute approximate surface area is 179 Å². The third kappa shape index (κ3) is 4.16. The Kier molecular flexibility index (Phi) is 5.60. The first-order chi connectivity index (χ1) is 14.0. The summed E-state index contributed by atoms with van der Waals surface area (Å²) in [5, 5.41) is 12.3. The van der Waals surface area contributed by atoms with E-state index in [0.717, 1.165) is 21.8 Å². The van der Waals surface area contributed by atoms with Crippen LogP contribution in [0.4, 0.5) is 5.69 Å². The van der Waals surface area contributed by atoms with E-state index < -0.39 is 0 Å². The Balaban J connectivity index is 1.85. The second kappa shape index (κ2) is 8.31. The number of carbonyl (C=O) groups excluding carboxylic acids is 1. The summed E-state index contributed by atoms with van der Waals surface area (Å²) in [4.78, 5) is 22.6. The maximum Gasteiger partial charge on any atom is 0.277 e. The summed E-state index contributed by atoms with van der Waals surface area (Å²) in [7, 11) is 0. The third-order valence-electron chi connectivity index (χ3n) is 4.39. The SMILES string of the molecule is CCCn1c(O)c(/C=C2/C=c3cc(Br)ccc3=NC2=O)sc1=Nc1ccccc1. The lowest BCUT2D eigenvalue weighted by molar-refractivity contribution is -0.114. The Bertz CT molecular complexity index is 1300. The smallest absolute Gasteiger partial charge is 0.277 e.